The molecule has 13 nitrogen and oxygen atoms in total. The number of nitrogens with one attached hydrogen (secondary N) is 1. The number of pyridine rings is 1. The summed E-state index contributed by atoms with van der Waals surface area (Å²) in [6.45, 7) is 3.86. The van der Waals surface area contributed by atoms with Crippen molar-refractivity contribution in [2.45, 2.75) is 31.9 Å². The molecule has 0 amide bonds. The molecule has 39 heavy (non-hydrogen) atoms. The second kappa shape index (κ2) is 9.20. The molecule has 1 saturated heterocycles. The van der Waals surface area contributed by atoms with E-state index < -0.39 is 6.10 Å². The number of aromatic nitrogens is 9. The summed E-state index contributed by atoms with van der Waals surface area (Å²) in [6, 6.07) is 4.13. The largest absolute Gasteiger partial charge is 0.475 e. The van der Waals surface area contributed by atoms with Crippen LogP contribution in [0.4, 0.5) is 5.82 Å². The van der Waals surface area contributed by atoms with Gasteiger partial charge < -0.3 is 20.2 Å². The smallest absolute Gasteiger partial charge is 0.205 e. The molecule has 1 atom stereocenters. The van der Waals surface area contributed by atoms with Crippen molar-refractivity contribution >= 4 is 22.4 Å². The quantitative estimate of drug-likeness (QED) is 0.332. The van der Waals surface area contributed by atoms with Crippen LogP contribution in [0.15, 0.2) is 53.8 Å². The van der Waals surface area contributed by atoms with Gasteiger partial charge in [-0.25, -0.2) is 4.98 Å². The van der Waals surface area contributed by atoms with E-state index in [1.165, 1.54) is 0 Å². The molecule has 7 rings (SSSR count). The molecule has 198 valence electrons. The maximum absolute atomic E-state index is 6.32. The number of aryl methyl sites for hydroxylation is 1. The molecule has 1 aliphatic heterocycles. The molecule has 0 radical (unpaired) electrons. The van der Waals surface area contributed by atoms with Gasteiger partial charge in [0.25, 0.3) is 0 Å². The van der Waals surface area contributed by atoms with E-state index in [2.05, 4.69) is 36.9 Å². The highest BCUT2D eigenvalue weighted by Crippen LogP contribution is 2.39. The van der Waals surface area contributed by atoms with Gasteiger partial charge in [-0.15, -0.1) is 10.2 Å². The molecule has 0 saturated carbocycles. The highest BCUT2D eigenvalue weighted by molar-refractivity contribution is 5.97. The van der Waals surface area contributed by atoms with Crippen molar-refractivity contribution in [1.82, 2.24) is 49.7 Å². The summed E-state index contributed by atoms with van der Waals surface area (Å²) in [5, 5.41) is 26.4. The molecule has 6 aromatic heterocycles. The first-order valence-corrected chi connectivity index (χ1v) is 12.8. The molecule has 1 aliphatic rings. The first-order chi connectivity index (χ1) is 19.0. The molecule has 6 aromatic rings. The predicted molar refractivity (Wildman–Crippen MR) is 143 cm³/mol. The highest BCUT2D eigenvalue weighted by atomic mass is 16.5. The summed E-state index contributed by atoms with van der Waals surface area (Å²) < 4.78 is 17.8. The van der Waals surface area contributed by atoms with Crippen molar-refractivity contribution in [2.24, 2.45) is 7.05 Å². The van der Waals surface area contributed by atoms with Gasteiger partial charge in [0.1, 0.15) is 6.26 Å². The monoisotopic (exact) mass is 525 g/mol. The van der Waals surface area contributed by atoms with Crippen LogP contribution in [0.3, 0.4) is 0 Å². The van der Waals surface area contributed by atoms with Crippen LogP contribution in [0, 0.1) is 0 Å². The minimum Gasteiger partial charge on any atom is -0.475 e. The van der Waals surface area contributed by atoms with E-state index in [4.69, 9.17) is 20.0 Å². The third kappa shape index (κ3) is 4.07. The standard InChI is InChI=1S/C26H27N11O2/c1-15(26-33-32-22-4-3-21(34-37(22)26)17-10-30-35(2)12-17)39-24-23-19(11-29-25(24)27)20(14-38-23)16-9-31-36(13-16)18-5-7-28-8-6-18/h3-4,9-15,18,28H,5-8H2,1-2H3,(H2,27,29)/t15-/m1/s1. The van der Waals surface area contributed by atoms with Crippen molar-refractivity contribution in [3.63, 3.8) is 0 Å². The molecule has 0 aliphatic carbocycles. The Morgan fingerprint density at radius 2 is 1.92 bits per heavy atom. The lowest BCUT2D eigenvalue weighted by molar-refractivity contribution is 0.214. The third-order valence-electron chi connectivity index (χ3n) is 7.14. The number of piperidine rings is 1. The topological polar surface area (TPSA) is 152 Å². The Kier molecular flexibility index (Phi) is 5.51. The lowest BCUT2D eigenvalue weighted by Crippen LogP contribution is -2.29. The fraction of sp³-hybridized carbons (Fsp3) is 0.308. The van der Waals surface area contributed by atoms with E-state index in [0.29, 0.717) is 28.8 Å². The third-order valence-corrected chi connectivity index (χ3v) is 7.14. The van der Waals surface area contributed by atoms with E-state index in [9.17, 15) is 0 Å². The van der Waals surface area contributed by atoms with Gasteiger partial charge >= 0.3 is 0 Å². The number of ether oxygens (including phenoxy) is 1. The summed E-state index contributed by atoms with van der Waals surface area (Å²) >= 11 is 0. The Hall–Kier alpha value is -4.78. The molecule has 0 aromatic carbocycles. The van der Waals surface area contributed by atoms with E-state index in [0.717, 1.165) is 53.7 Å². The molecule has 3 N–H and O–H groups in total. The number of nitrogens with two attached hydrogens (primary N) is 1. The second-order valence-corrected chi connectivity index (χ2v) is 9.76. The number of furan rings is 1. The summed E-state index contributed by atoms with van der Waals surface area (Å²) in [7, 11) is 1.86. The molecule has 7 heterocycles. The second-order valence-electron chi connectivity index (χ2n) is 9.76. The fourth-order valence-electron chi connectivity index (χ4n) is 5.06. The Bertz CT molecular complexity index is 1790. The predicted octanol–water partition coefficient (Wildman–Crippen LogP) is 3.18. The number of anilines is 1. The molecular formula is C26H27N11O2. The number of nitrogens with zero attached hydrogens (tertiary/aromatic N) is 9. The van der Waals surface area contributed by atoms with Gasteiger partial charge in [0.15, 0.2) is 29.0 Å². The Balaban J connectivity index is 1.21. The van der Waals surface area contributed by atoms with Gasteiger partial charge in [0.2, 0.25) is 5.75 Å². The van der Waals surface area contributed by atoms with Gasteiger partial charge in [-0.1, -0.05) is 0 Å². The first-order valence-electron chi connectivity index (χ1n) is 12.8. The van der Waals surface area contributed by atoms with E-state index in [-0.39, 0.29) is 5.82 Å². The summed E-state index contributed by atoms with van der Waals surface area (Å²) in [4.78, 5) is 4.40. The van der Waals surface area contributed by atoms with Gasteiger partial charge in [0, 0.05) is 42.3 Å². The van der Waals surface area contributed by atoms with Gasteiger partial charge in [-0.3, -0.25) is 9.36 Å². The highest BCUT2D eigenvalue weighted by Gasteiger charge is 2.24. The van der Waals surface area contributed by atoms with Gasteiger partial charge in [-0.2, -0.15) is 19.8 Å². The number of fused-ring (bicyclic) bond motifs is 2. The number of hydrogen-bond acceptors (Lipinski definition) is 10. The first kappa shape index (κ1) is 23.3. The Morgan fingerprint density at radius 1 is 1.08 bits per heavy atom. The maximum Gasteiger partial charge on any atom is 0.205 e. The Labute approximate surface area is 222 Å². The van der Waals surface area contributed by atoms with Crippen molar-refractivity contribution in [1.29, 1.82) is 0 Å². The van der Waals surface area contributed by atoms with Crippen LogP contribution in [0.1, 0.15) is 37.7 Å². The van der Waals surface area contributed by atoms with E-state index in [1.54, 1.807) is 27.9 Å². The summed E-state index contributed by atoms with van der Waals surface area (Å²) in [5.41, 5.74) is 10.8. The van der Waals surface area contributed by atoms with Crippen LogP contribution in [0.25, 0.3) is 39.0 Å². The van der Waals surface area contributed by atoms with Crippen LogP contribution in [0.2, 0.25) is 0 Å². The normalized spacial score (nSPS) is 15.3. The van der Waals surface area contributed by atoms with Crippen LogP contribution < -0.4 is 15.8 Å². The number of nitrogen functional groups attached to an aromatic ring is 1. The van der Waals surface area contributed by atoms with Crippen molar-refractivity contribution in [3.8, 4) is 28.1 Å². The van der Waals surface area contributed by atoms with E-state index >= 15 is 0 Å². The number of hydrogen-bond donors (Lipinski definition) is 2. The van der Waals surface area contributed by atoms with Crippen molar-refractivity contribution < 1.29 is 9.15 Å². The minimum absolute atomic E-state index is 0.221. The van der Waals surface area contributed by atoms with Crippen molar-refractivity contribution in [2.75, 3.05) is 18.8 Å². The maximum atomic E-state index is 6.32. The van der Waals surface area contributed by atoms with Crippen LogP contribution in [0.5, 0.6) is 5.75 Å². The van der Waals surface area contributed by atoms with Gasteiger partial charge in [-0.05, 0) is 45.0 Å². The molecule has 0 spiro atoms. The zero-order valence-corrected chi connectivity index (χ0v) is 21.5. The minimum atomic E-state index is -0.553. The lowest BCUT2D eigenvalue weighted by Gasteiger charge is -2.22. The molecule has 0 bridgehead atoms. The van der Waals surface area contributed by atoms with Crippen LogP contribution in [-0.2, 0) is 7.05 Å². The summed E-state index contributed by atoms with van der Waals surface area (Å²) in [6.07, 6.45) is 12.5. The lowest BCUT2D eigenvalue weighted by atomic mass is 10.1. The van der Waals surface area contributed by atoms with Crippen LogP contribution >= 0.6 is 0 Å². The zero-order chi connectivity index (χ0) is 26.5. The van der Waals surface area contributed by atoms with Gasteiger partial charge in [0.05, 0.1) is 29.5 Å². The van der Waals surface area contributed by atoms with E-state index in [1.807, 2.05) is 43.2 Å². The molecule has 13 heteroatoms. The summed E-state index contributed by atoms with van der Waals surface area (Å²) in [5.74, 6) is 1.08. The Morgan fingerprint density at radius 3 is 2.74 bits per heavy atom. The zero-order valence-electron chi connectivity index (χ0n) is 21.5. The molecular weight excluding hydrogens is 498 g/mol. The molecule has 1 fully saturated rings. The number of rotatable bonds is 6. The van der Waals surface area contributed by atoms with Crippen LogP contribution in [-0.4, -0.2) is 57.4 Å². The average Bonchev–Trinajstić information content (AvgIpc) is 3.76. The molecule has 0 unspecified atom stereocenters. The SMILES string of the molecule is C[C@@H](Oc1c(N)ncc2c(-c3cnn(C4CCNCC4)c3)coc12)c1nnc2ccc(-c3cnn(C)c3)nn12. The fourth-order valence-corrected chi connectivity index (χ4v) is 5.06. The van der Waals surface area contributed by atoms with Crippen molar-refractivity contribution in [3.05, 3.63) is 55.2 Å². The average molecular weight is 526 g/mol.